The number of amides is 1. The summed E-state index contributed by atoms with van der Waals surface area (Å²) < 4.78 is 16.9. The summed E-state index contributed by atoms with van der Waals surface area (Å²) in [6.07, 6.45) is 4.66. The van der Waals surface area contributed by atoms with Gasteiger partial charge in [0.25, 0.3) is 0 Å². The highest BCUT2D eigenvalue weighted by Gasteiger charge is 2.27. The lowest BCUT2D eigenvalue weighted by Crippen LogP contribution is -2.43. The van der Waals surface area contributed by atoms with Crippen LogP contribution in [-0.2, 0) is 17.6 Å². The second kappa shape index (κ2) is 12.3. The molecule has 2 aliphatic heterocycles. The Morgan fingerprint density at radius 2 is 1.72 bits per heavy atom. The molecule has 0 spiro atoms. The zero-order chi connectivity index (χ0) is 25.5. The molecule has 0 saturated carbocycles. The Hall–Kier alpha value is -2.93. The SMILES string of the molecule is COc1cc2c(cc1OC)CC(=O)N(CC1CCCN(CCCOc3ccc(N(C)C)cc3)C1)CC2. The van der Waals surface area contributed by atoms with Crippen molar-refractivity contribution in [3.05, 3.63) is 47.5 Å². The van der Waals surface area contributed by atoms with Gasteiger partial charge >= 0.3 is 0 Å². The lowest BCUT2D eigenvalue weighted by Gasteiger charge is -2.35. The van der Waals surface area contributed by atoms with Crippen LogP contribution < -0.4 is 19.1 Å². The number of nitrogens with zero attached hydrogens (tertiary/aromatic N) is 3. The van der Waals surface area contributed by atoms with E-state index >= 15 is 0 Å². The van der Waals surface area contributed by atoms with Crippen molar-refractivity contribution in [3.63, 3.8) is 0 Å². The van der Waals surface area contributed by atoms with E-state index < -0.39 is 0 Å². The minimum atomic E-state index is 0.215. The van der Waals surface area contributed by atoms with E-state index in [1.165, 1.54) is 24.1 Å². The van der Waals surface area contributed by atoms with Gasteiger partial charge in [-0.3, -0.25) is 4.79 Å². The van der Waals surface area contributed by atoms with Gasteiger partial charge in [0.05, 0.1) is 27.2 Å². The third kappa shape index (κ3) is 6.64. The Kier molecular flexibility index (Phi) is 8.97. The number of ether oxygens (including phenoxy) is 3. The zero-order valence-corrected chi connectivity index (χ0v) is 22.3. The van der Waals surface area contributed by atoms with Gasteiger partial charge in [0.15, 0.2) is 11.5 Å². The summed E-state index contributed by atoms with van der Waals surface area (Å²) in [7, 11) is 7.37. The van der Waals surface area contributed by atoms with Gasteiger partial charge in [0.2, 0.25) is 5.91 Å². The fourth-order valence-corrected chi connectivity index (χ4v) is 5.34. The molecule has 7 nitrogen and oxygen atoms in total. The third-order valence-electron chi connectivity index (χ3n) is 7.37. The zero-order valence-electron chi connectivity index (χ0n) is 22.3. The third-order valence-corrected chi connectivity index (χ3v) is 7.37. The average molecular weight is 496 g/mol. The minimum absolute atomic E-state index is 0.215. The van der Waals surface area contributed by atoms with Crippen molar-refractivity contribution >= 4 is 11.6 Å². The van der Waals surface area contributed by atoms with E-state index in [2.05, 4.69) is 26.8 Å². The second-order valence-corrected chi connectivity index (χ2v) is 10.1. The molecule has 4 rings (SSSR count). The van der Waals surface area contributed by atoms with Crippen molar-refractivity contribution in [2.75, 3.05) is 72.5 Å². The fraction of sp³-hybridized carbons (Fsp3) is 0.552. The van der Waals surface area contributed by atoms with Crippen LogP contribution in [0.4, 0.5) is 5.69 Å². The van der Waals surface area contributed by atoms with E-state index in [1.807, 2.05) is 38.4 Å². The quantitative estimate of drug-likeness (QED) is 0.467. The van der Waals surface area contributed by atoms with Crippen molar-refractivity contribution in [3.8, 4) is 17.2 Å². The van der Waals surface area contributed by atoms with Crippen LogP contribution in [-0.4, -0.2) is 83.4 Å². The maximum Gasteiger partial charge on any atom is 0.227 e. The molecule has 2 aromatic rings. The number of hydrogen-bond acceptors (Lipinski definition) is 6. The van der Waals surface area contributed by atoms with E-state index in [0.717, 1.165) is 69.2 Å². The lowest BCUT2D eigenvalue weighted by molar-refractivity contribution is -0.131. The largest absolute Gasteiger partial charge is 0.494 e. The van der Waals surface area contributed by atoms with Crippen LogP contribution in [0.2, 0.25) is 0 Å². The molecule has 196 valence electrons. The van der Waals surface area contributed by atoms with Crippen molar-refractivity contribution in [2.45, 2.75) is 32.1 Å². The molecule has 0 aliphatic carbocycles. The first kappa shape index (κ1) is 26.1. The summed E-state index contributed by atoms with van der Waals surface area (Å²) in [5, 5.41) is 0. The molecule has 7 heteroatoms. The molecule has 1 unspecified atom stereocenters. The molecule has 0 radical (unpaired) electrons. The van der Waals surface area contributed by atoms with E-state index in [0.29, 0.717) is 18.1 Å². The Morgan fingerprint density at radius 3 is 2.42 bits per heavy atom. The molecule has 1 fully saturated rings. The number of methoxy groups -OCH3 is 2. The van der Waals surface area contributed by atoms with Crippen LogP contribution in [0.25, 0.3) is 0 Å². The van der Waals surface area contributed by atoms with Crippen LogP contribution in [0.1, 0.15) is 30.4 Å². The van der Waals surface area contributed by atoms with Crippen LogP contribution in [0.5, 0.6) is 17.2 Å². The van der Waals surface area contributed by atoms with Gasteiger partial charge in [-0.2, -0.15) is 0 Å². The van der Waals surface area contributed by atoms with Gasteiger partial charge in [-0.15, -0.1) is 0 Å². The molecule has 0 N–H and O–H groups in total. The molecular formula is C29H41N3O4. The lowest BCUT2D eigenvalue weighted by atomic mass is 9.97. The molecule has 0 bridgehead atoms. The standard InChI is InChI=1S/C29H41N3O4/c1-30(2)25-8-10-26(11-9-25)36-16-6-14-31-13-5-7-22(20-31)21-32-15-12-23-17-27(34-3)28(35-4)18-24(23)19-29(32)33/h8-11,17-18,22H,5-7,12-16,19-21H2,1-4H3. The Morgan fingerprint density at radius 1 is 1.00 bits per heavy atom. The predicted octanol–water partition coefficient (Wildman–Crippen LogP) is 3.88. The molecule has 2 heterocycles. The van der Waals surface area contributed by atoms with Gasteiger partial charge in [-0.25, -0.2) is 0 Å². The molecule has 2 aromatic carbocycles. The molecule has 1 saturated heterocycles. The summed E-state index contributed by atoms with van der Waals surface area (Å²) in [6.45, 7) is 5.54. The number of likely N-dealkylation sites (tertiary alicyclic amines) is 1. The Bertz CT molecular complexity index is 1010. The molecule has 36 heavy (non-hydrogen) atoms. The first-order chi connectivity index (χ1) is 17.5. The minimum Gasteiger partial charge on any atom is -0.494 e. The first-order valence-corrected chi connectivity index (χ1v) is 13.1. The molecule has 1 atom stereocenters. The first-order valence-electron chi connectivity index (χ1n) is 13.1. The number of benzene rings is 2. The maximum atomic E-state index is 13.1. The van der Waals surface area contributed by atoms with E-state index in [4.69, 9.17) is 14.2 Å². The van der Waals surface area contributed by atoms with Gasteiger partial charge in [-0.1, -0.05) is 0 Å². The second-order valence-electron chi connectivity index (χ2n) is 10.1. The van der Waals surface area contributed by atoms with Crippen molar-refractivity contribution in [1.29, 1.82) is 0 Å². The summed E-state index contributed by atoms with van der Waals surface area (Å²) in [6, 6.07) is 12.2. The highest BCUT2D eigenvalue weighted by Crippen LogP contribution is 2.32. The van der Waals surface area contributed by atoms with E-state index in [9.17, 15) is 4.79 Å². The van der Waals surface area contributed by atoms with Crippen LogP contribution in [0.3, 0.4) is 0 Å². The van der Waals surface area contributed by atoms with E-state index in [1.54, 1.807) is 14.2 Å². The summed E-state index contributed by atoms with van der Waals surface area (Å²) in [4.78, 5) is 19.8. The number of piperidine rings is 1. The topological polar surface area (TPSA) is 54.5 Å². The van der Waals surface area contributed by atoms with Crippen LogP contribution >= 0.6 is 0 Å². The van der Waals surface area contributed by atoms with Gasteiger partial charge in [-0.05, 0) is 85.7 Å². The number of hydrogen-bond donors (Lipinski definition) is 0. The highest BCUT2D eigenvalue weighted by molar-refractivity contribution is 5.80. The van der Waals surface area contributed by atoms with Gasteiger partial charge in [0, 0.05) is 46.0 Å². The summed E-state index contributed by atoms with van der Waals surface area (Å²) >= 11 is 0. The van der Waals surface area contributed by atoms with Gasteiger partial charge in [0.1, 0.15) is 5.75 Å². The monoisotopic (exact) mass is 495 g/mol. The smallest absolute Gasteiger partial charge is 0.227 e. The summed E-state index contributed by atoms with van der Waals surface area (Å²) in [5.41, 5.74) is 3.42. The van der Waals surface area contributed by atoms with Crippen LogP contribution in [0.15, 0.2) is 36.4 Å². The molecule has 0 aromatic heterocycles. The van der Waals surface area contributed by atoms with Gasteiger partial charge < -0.3 is 28.9 Å². The number of anilines is 1. The number of rotatable bonds is 10. The number of fused-ring (bicyclic) bond motifs is 1. The molecule has 2 aliphatic rings. The normalized spacial score (nSPS) is 18.4. The molecule has 1 amide bonds. The van der Waals surface area contributed by atoms with Crippen molar-refractivity contribution in [2.24, 2.45) is 5.92 Å². The Balaban J connectivity index is 1.24. The summed E-state index contributed by atoms with van der Waals surface area (Å²) in [5.74, 6) is 3.08. The predicted molar refractivity (Wildman–Crippen MR) is 144 cm³/mol. The van der Waals surface area contributed by atoms with Crippen molar-refractivity contribution < 1.29 is 19.0 Å². The maximum absolute atomic E-state index is 13.1. The number of carbonyl (C=O) groups is 1. The Labute approximate surface area is 215 Å². The average Bonchev–Trinajstić information content (AvgIpc) is 3.04. The fourth-order valence-electron chi connectivity index (χ4n) is 5.34. The molecular weight excluding hydrogens is 454 g/mol. The van der Waals surface area contributed by atoms with Crippen molar-refractivity contribution in [1.82, 2.24) is 9.80 Å². The highest BCUT2D eigenvalue weighted by atomic mass is 16.5. The van der Waals surface area contributed by atoms with Crippen LogP contribution in [0, 0.1) is 5.92 Å². The number of carbonyl (C=O) groups excluding carboxylic acids is 1. The van der Waals surface area contributed by atoms with E-state index in [-0.39, 0.29) is 5.91 Å².